The van der Waals surface area contributed by atoms with Crippen molar-refractivity contribution in [3.8, 4) is 0 Å². The Hall–Kier alpha value is -1.63. The van der Waals surface area contributed by atoms with E-state index in [2.05, 4.69) is 58.7 Å². The van der Waals surface area contributed by atoms with Crippen LogP contribution in [-0.4, -0.2) is 75.3 Å². The van der Waals surface area contributed by atoms with E-state index in [1.54, 1.807) is 0 Å². The Labute approximate surface area is 176 Å². The third kappa shape index (κ3) is 8.72. The Morgan fingerprint density at radius 1 is 1.07 bits per heavy atom. The van der Waals surface area contributed by atoms with Gasteiger partial charge >= 0.3 is 0 Å². The molecule has 1 aromatic rings. The Balaban J connectivity index is 1.37. The number of hydrogen-bond acceptors (Lipinski definition) is 4. The minimum atomic E-state index is 0.697. The predicted octanol–water partition coefficient (Wildman–Crippen LogP) is 2.31. The van der Waals surface area contributed by atoms with Gasteiger partial charge in [0.05, 0.1) is 6.54 Å². The lowest BCUT2D eigenvalue weighted by Gasteiger charge is -2.32. The van der Waals surface area contributed by atoms with E-state index >= 15 is 0 Å². The lowest BCUT2D eigenvalue weighted by atomic mass is 10.1. The van der Waals surface area contributed by atoms with Crippen LogP contribution in [0.1, 0.15) is 37.3 Å². The van der Waals surface area contributed by atoms with Crippen LogP contribution in [0.3, 0.4) is 0 Å². The number of likely N-dealkylation sites (N-methyl/N-ethyl adjacent to an activating group) is 1. The highest BCUT2D eigenvalue weighted by atomic mass is 16.5. The quantitative estimate of drug-likeness (QED) is 0.339. The average molecular weight is 402 g/mol. The van der Waals surface area contributed by atoms with Crippen molar-refractivity contribution in [3.63, 3.8) is 0 Å². The number of aliphatic imine (C=N–C) groups is 1. The number of piperazine rings is 1. The summed E-state index contributed by atoms with van der Waals surface area (Å²) in [4.78, 5) is 9.67. The molecule has 1 saturated carbocycles. The molecule has 29 heavy (non-hydrogen) atoms. The first-order valence-corrected chi connectivity index (χ1v) is 11.3. The van der Waals surface area contributed by atoms with Crippen LogP contribution in [0.2, 0.25) is 0 Å². The molecule has 1 saturated heterocycles. The second-order valence-corrected chi connectivity index (χ2v) is 8.39. The molecule has 1 aromatic carbocycles. The van der Waals surface area contributed by atoms with Crippen LogP contribution in [0.4, 0.5) is 0 Å². The smallest absolute Gasteiger partial charge is 0.191 e. The van der Waals surface area contributed by atoms with Crippen molar-refractivity contribution >= 4 is 5.96 Å². The van der Waals surface area contributed by atoms with Crippen molar-refractivity contribution in [2.45, 2.75) is 39.3 Å². The summed E-state index contributed by atoms with van der Waals surface area (Å²) < 4.78 is 5.69. The topological polar surface area (TPSA) is 52.1 Å². The van der Waals surface area contributed by atoms with E-state index in [-0.39, 0.29) is 0 Å². The zero-order valence-corrected chi connectivity index (χ0v) is 18.3. The summed E-state index contributed by atoms with van der Waals surface area (Å²) in [6.45, 7) is 12.0. The normalized spacial score (nSPS) is 18.8. The van der Waals surface area contributed by atoms with Gasteiger partial charge in [-0.25, -0.2) is 4.99 Å². The van der Waals surface area contributed by atoms with E-state index in [1.165, 1.54) is 37.1 Å². The summed E-state index contributed by atoms with van der Waals surface area (Å²) in [5, 5.41) is 6.74. The van der Waals surface area contributed by atoms with Crippen LogP contribution in [0, 0.1) is 5.92 Å². The first-order chi connectivity index (χ1) is 14.2. The van der Waals surface area contributed by atoms with Gasteiger partial charge in [0.2, 0.25) is 0 Å². The molecule has 1 aliphatic carbocycles. The summed E-state index contributed by atoms with van der Waals surface area (Å²) in [6, 6.07) is 8.93. The monoisotopic (exact) mass is 401 g/mol. The van der Waals surface area contributed by atoms with Gasteiger partial charge in [0.1, 0.15) is 0 Å². The molecule has 1 heterocycles. The van der Waals surface area contributed by atoms with Gasteiger partial charge in [-0.3, -0.25) is 4.90 Å². The van der Waals surface area contributed by atoms with E-state index in [0.29, 0.717) is 6.54 Å². The van der Waals surface area contributed by atoms with Crippen LogP contribution in [0.15, 0.2) is 29.3 Å². The molecule has 0 amide bonds. The second-order valence-electron chi connectivity index (χ2n) is 8.39. The van der Waals surface area contributed by atoms with Gasteiger partial charge in [-0.2, -0.15) is 0 Å². The fourth-order valence-electron chi connectivity index (χ4n) is 3.44. The molecule has 6 nitrogen and oxygen atoms in total. The number of benzene rings is 1. The molecule has 2 N–H and O–H groups in total. The van der Waals surface area contributed by atoms with Crippen molar-refractivity contribution < 1.29 is 4.74 Å². The molecule has 3 rings (SSSR count). The Morgan fingerprint density at radius 3 is 2.48 bits per heavy atom. The van der Waals surface area contributed by atoms with E-state index in [9.17, 15) is 0 Å². The molecular weight excluding hydrogens is 362 g/mol. The van der Waals surface area contributed by atoms with Crippen LogP contribution < -0.4 is 10.6 Å². The molecule has 2 aliphatic rings. The van der Waals surface area contributed by atoms with E-state index in [4.69, 9.17) is 9.73 Å². The SMILES string of the molecule is CCNC(=NCc1ccc(CN2CCN(C)CC2)cc1)NCCCOCC1CC1. The molecule has 2 fully saturated rings. The first kappa shape index (κ1) is 22.1. The standard InChI is InChI=1S/C23H39N5O/c1-3-24-23(25-11-4-16-29-19-22-9-10-22)26-17-20-5-7-21(8-6-20)18-28-14-12-27(2)13-15-28/h5-8,22H,3-4,9-19H2,1-2H3,(H2,24,25,26). The third-order valence-electron chi connectivity index (χ3n) is 5.60. The van der Waals surface area contributed by atoms with Gasteiger partial charge in [0, 0.05) is 59.0 Å². The van der Waals surface area contributed by atoms with E-state index in [1.807, 2.05) is 0 Å². The number of ether oxygens (including phenoxy) is 1. The second kappa shape index (κ2) is 12.2. The van der Waals surface area contributed by atoms with Crippen LogP contribution >= 0.6 is 0 Å². The highest BCUT2D eigenvalue weighted by Crippen LogP contribution is 2.28. The molecule has 1 aliphatic heterocycles. The predicted molar refractivity (Wildman–Crippen MR) is 120 cm³/mol. The van der Waals surface area contributed by atoms with Crippen LogP contribution in [0.25, 0.3) is 0 Å². The van der Waals surface area contributed by atoms with Crippen molar-refractivity contribution in [2.24, 2.45) is 10.9 Å². The summed E-state index contributed by atoms with van der Waals surface area (Å²) in [7, 11) is 2.20. The van der Waals surface area contributed by atoms with Gasteiger partial charge in [-0.05, 0) is 50.3 Å². The Kier molecular flexibility index (Phi) is 9.25. The highest BCUT2D eigenvalue weighted by Gasteiger charge is 2.20. The lowest BCUT2D eigenvalue weighted by Crippen LogP contribution is -2.43. The minimum absolute atomic E-state index is 0.697. The van der Waals surface area contributed by atoms with Crippen LogP contribution in [0.5, 0.6) is 0 Å². The van der Waals surface area contributed by atoms with Gasteiger partial charge in [-0.15, -0.1) is 0 Å². The van der Waals surface area contributed by atoms with Gasteiger partial charge < -0.3 is 20.3 Å². The summed E-state index contributed by atoms with van der Waals surface area (Å²) in [5.74, 6) is 1.73. The van der Waals surface area contributed by atoms with Crippen molar-refractivity contribution in [3.05, 3.63) is 35.4 Å². The molecule has 0 bridgehead atoms. The maximum Gasteiger partial charge on any atom is 0.191 e. The Bertz CT molecular complexity index is 606. The minimum Gasteiger partial charge on any atom is -0.381 e. The number of nitrogens with one attached hydrogen (secondary N) is 2. The maximum atomic E-state index is 5.69. The zero-order valence-electron chi connectivity index (χ0n) is 18.3. The highest BCUT2D eigenvalue weighted by molar-refractivity contribution is 5.79. The number of guanidine groups is 1. The summed E-state index contributed by atoms with van der Waals surface area (Å²) in [6.07, 6.45) is 3.72. The molecule has 0 radical (unpaired) electrons. The largest absolute Gasteiger partial charge is 0.381 e. The fourth-order valence-corrected chi connectivity index (χ4v) is 3.44. The first-order valence-electron chi connectivity index (χ1n) is 11.3. The van der Waals surface area contributed by atoms with Crippen LogP contribution in [-0.2, 0) is 17.8 Å². The lowest BCUT2D eigenvalue weighted by molar-refractivity contribution is 0.123. The zero-order chi connectivity index (χ0) is 20.3. The van der Waals surface area contributed by atoms with Gasteiger partial charge in [0.25, 0.3) is 0 Å². The van der Waals surface area contributed by atoms with E-state index in [0.717, 1.165) is 64.2 Å². The van der Waals surface area contributed by atoms with Crippen molar-refractivity contribution in [1.29, 1.82) is 0 Å². The Morgan fingerprint density at radius 2 is 1.79 bits per heavy atom. The molecule has 0 atom stereocenters. The molecule has 0 unspecified atom stereocenters. The average Bonchev–Trinajstić information content (AvgIpc) is 3.56. The van der Waals surface area contributed by atoms with E-state index < -0.39 is 0 Å². The maximum absolute atomic E-state index is 5.69. The fraction of sp³-hybridized carbons (Fsp3) is 0.696. The molecule has 162 valence electrons. The molecule has 0 spiro atoms. The van der Waals surface area contributed by atoms with Gasteiger partial charge in [-0.1, -0.05) is 24.3 Å². The number of rotatable bonds is 11. The van der Waals surface area contributed by atoms with Crippen molar-refractivity contribution in [2.75, 3.05) is 59.5 Å². The van der Waals surface area contributed by atoms with Gasteiger partial charge in [0.15, 0.2) is 5.96 Å². The number of nitrogens with zero attached hydrogens (tertiary/aromatic N) is 3. The molecule has 6 heteroatoms. The molecular formula is C23H39N5O. The number of hydrogen-bond donors (Lipinski definition) is 2. The summed E-state index contributed by atoms with van der Waals surface area (Å²) in [5.41, 5.74) is 2.63. The van der Waals surface area contributed by atoms with Crippen molar-refractivity contribution in [1.82, 2.24) is 20.4 Å². The summed E-state index contributed by atoms with van der Waals surface area (Å²) >= 11 is 0. The third-order valence-corrected chi connectivity index (χ3v) is 5.60. The molecule has 0 aromatic heterocycles.